The maximum Gasteiger partial charge on any atom is 0.231 e. The van der Waals surface area contributed by atoms with Gasteiger partial charge in [0.15, 0.2) is 11.5 Å². The van der Waals surface area contributed by atoms with Crippen LogP contribution in [0, 0.1) is 5.92 Å². The fourth-order valence-corrected chi connectivity index (χ4v) is 3.58. The zero-order valence-corrected chi connectivity index (χ0v) is 14.2. The highest BCUT2D eigenvalue weighted by atomic mass is 16.7. The number of aliphatic hydroxyl groups is 1. The first-order chi connectivity index (χ1) is 12.2. The minimum atomic E-state index is -0.345. The molecule has 1 fully saturated rings. The molecule has 1 aromatic heterocycles. The van der Waals surface area contributed by atoms with E-state index in [9.17, 15) is 5.11 Å². The quantitative estimate of drug-likeness (QED) is 0.895. The average molecular weight is 342 g/mol. The molecule has 2 aliphatic rings. The molecule has 1 N–H and O–H groups in total. The smallest absolute Gasteiger partial charge is 0.231 e. The molecule has 3 heterocycles. The summed E-state index contributed by atoms with van der Waals surface area (Å²) in [6.45, 7) is 2.43. The number of pyridine rings is 1. The van der Waals surface area contributed by atoms with Crippen molar-refractivity contribution in [1.29, 1.82) is 0 Å². The number of methoxy groups -OCH3 is 1. The monoisotopic (exact) mass is 342 g/mol. The minimum Gasteiger partial charge on any atom is -0.496 e. The number of nitrogens with zero attached hydrogens (tertiary/aromatic N) is 2. The van der Waals surface area contributed by atoms with Crippen LogP contribution in [0.15, 0.2) is 36.5 Å². The summed E-state index contributed by atoms with van der Waals surface area (Å²) >= 11 is 0. The van der Waals surface area contributed by atoms with Gasteiger partial charge in [0.25, 0.3) is 0 Å². The van der Waals surface area contributed by atoms with Crippen molar-refractivity contribution in [2.45, 2.75) is 19.1 Å². The largest absolute Gasteiger partial charge is 0.496 e. The van der Waals surface area contributed by atoms with Crippen LogP contribution in [0.1, 0.15) is 11.3 Å². The van der Waals surface area contributed by atoms with Gasteiger partial charge in [0.1, 0.15) is 5.75 Å². The molecule has 0 saturated carbocycles. The molecule has 6 nitrogen and oxygen atoms in total. The summed E-state index contributed by atoms with van der Waals surface area (Å²) in [5.41, 5.74) is 2.06. The molecular formula is C19H22N2O4. The Balaban J connectivity index is 1.45. The molecule has 25 heavy (non-hydrogen) atoms. The number of hydrogen-bond donors (Lipinski definition) is 1. The molecule has 0 spiro atoms. The van der Waals surface area contributed by atoms with Crippen molar-refractivity contribution in [3.05, 3.63) is 47.8 Å². The van der Waals surface area contributed by atoms with Gasteiger partial charge in [-0.15, -0.1) is 0 Å². The number of aliphatic hydroxyl groups excluding tert-OH is 1. The number of aromatic nitrogens is 1. The fraction of sp³-hybridized carbons (Fsp3) is 0.421. The van der Waals surface area contributed by atoms with Gasteiger partial charge in [0.05, 0.1) is 13.2 Å². The van der Waals surface area contributed by atoms with Gasteiger partial charge in [-0.1, -0.05) is 6.07 Å². The number of ether oxygens (including phenoxy) is 3. The highest BCUT2D eigenvalue weighted by Crippen LogP contribution is 2.39. The van der Waals surface area contributed by atoms with E-state index in [1.54, 1.807) is 13.3 Å². The van der Waals surface area contributed by atoms with Crippen LogP contribution in [0.2, 0.25) is 0 Å². The summed E-state index contributed by atoms with van der Waals surface area (Å²) < 4.78 is 16.4. The van der Waals surface area contributed by atoms with Crippen LogP contribution in [-0.2, 0) is 13.0 Å². The molecular weight excluding hydrogens is 320 g/mol. The SMILES string of the molecule is COc1cc2c(cc1CN1C[C@@H](Cc3ccccn3)[C@H](O)C1)OCO2. The van der Waals surface area contributed by atoms with Crippen LogP contribution in [0.4, 0.5) is 0 Å². The second-order valence-electron chi connectivity index (χ2n) is 6.56. The third-order valence-electron chi connectivity index (χ3n) is 4.85. The topological polar surface area (TPSA) is 64.1 Å². The number of β-amino-alcohol motifs (C(OH)–C–C–N with tert-alkyl or cyclic N) is 1. The molecule has 2 aliphatic heterocycles. The summed E-state index contributed by atoms with van der Waals surface area (Å²) in [5.74, 6) is 2.44. The number of rotatable bonds is 5. The van der Waals surface area contributed by atoms with Gasteiger partial charge in [-0.2, -0.15) is 0 Å². The third-order valence-corrected chi connectivity index (χ3v) is 4.85. The van der Waals surface area contributed by atoms with Crippen LogP contribution >= 0.6 is 0 Å². The number of likely N-dealkylation sites (tertiary alicyclic amines) is 1. The second-order valence-corrected chi connectivity index (χ2v) is 6.56. The van der Waals surface area contributed by atoms with E-state index in [2.05, 4.69) is 9.88 Å². The maximum atomic E-state index is 10.4. The summed E-state index contributed by atoms with van der Waals surface area (Å²) in [4.78, 5) is 6.62. The van der Waals surface area contributed by atoms with Crippen molar-refractivity contribution in [3.8, 4) is 17.2 Å². The highest BCUT2D eigenvalue weighted by molar-refractivity contribution is 5.51. The zero-order valence-electron chi connectivity index (χ0n) is 14.2. The Labute approximate surface area is 147 Å². The highest BCUT2D eigenvalue weighted by Gasteiger charge is 2.32. The maximum absolute atomic E-state index is 10.4. The lowest BCUT2D eigenvalue weighted by molar-refractivity contribution is 0.140. The molecule has 132 valence electrons. The molecule has 1 aromatic carbocycles. The van der Waals surface area contributed by atoms with Crippen molar-refractivity contribution in [3.63, 3.8) is 0 Å². The normalized spacial score (nSPS) is 22.3. The molecule has 1 saturated heterocycles. The molecule has 0 amide bonds. The molecule has 0 bridgehead atoms. The lowest BCUT2D eigenvalue weighted by Gasteiger charge is -2.18. The van der Waals surface area contributed by atoms with Crippen LogP contribution < -0.4 is 14.2 Å². The van der Waals surface area contributed by atoms with Crippen molar-refractivity contribution in [2.75, 3.05) is 27.0 Å². The van der Waals surface area contributed by atoms with Gasteiger partial charge in [0.2, 0.25) is 6.79 Å². The number of benzene rings is 1. The van der Waals surface area contributed by atoms with Crippen LogP contribution in [0.3, 0.4) is 0 Å². The molecule has 2 atom stereocenters. The van der Waals surface area contributed by atoms with E-state index >= 15 is 0 Å². The van der Waals surface area contributed by atoms with Crippen molar-refractivity contribution in [2.24, 2.45) is 5.92 Å². The summed E-state index contributed by atoms with van der Waals surface area (Å²) in [5, 5.41) is 10.4. The fourth-order valence-electron chi connectivity index (χ4n) is 3.58. The van der Waals surface area contributed by atoms with E-state index in [1.807, 2.05) is 30.3 Å². The predicted molar refractivity (Wildman–Crippen MR) is 91.8 cm³/mol. The standard InChI is InChI=1S/C19H22N2O4/c1-23-17-8-19-18(24-12-25-19)7-14(17)10-21-9-13(16(22)11-21)6-15-4-2-3-5-20-15/h2-5,7-8,13,16,22H,6,9-12H2,1H3/t13-,16-/m1/s1. The zero-order chi connectivity index (χ0) is 17.2. The Morgan fingerprint density at radius 1 is 1.24 bits per heavy atom. The third kappa shape index (κ3) is 3.41. The molecule has 6 heteroatoms. The van der Waals surface area contributed by atoms with E-state index < -0.39 is 0 Å². The number of hydrogen-bond acceptors (Lipinski definition) is 6. The number of fused-ring (bicyclic) bond motifs is 1. The molecule has 0 unspecified atom stereocenters. The van der Waals surface area contributed by atoms with Gasteiger partial charge in [0, 0.05) is 49.1 Å². The lowest BCUT2D eigenvalue weighted by atomic mass is 10.00. The van der Waals surface area contributed by atoms with E-state index in [0.29, 0.717) is 13.1 Å². The van der Waals surface area contributed by atoms with Crippen LogP contribution in [0.25, 0.3) is 0 Å². The summed E-state index contributed by atoms with van der Waals surface area (Å²) in [6.07, 6.45) is 2.24. The van der Waals surface area contributed by atoms with Gasteiger partial charge >= 0.3 is 0 Å². The van der Waals surface area contributed by atoms with Crippen LogP contribution in [-0.4, -0.2) is 48.1 Å². The van der Waals surface area contributed by atoms with Crippen LogP contribution in [0.5, 0.6) is 17.2 Å². The Morgan fingerprint density at radius 2 is 2.08 bits per heavy atom. The van der Waals surface area contributed by atoms with E-state index in [0.717, 1.165) is 41.5 Å². The first kappa shape index (κ1) is 16.2. The second kappa shape index (κ2) is 6.90. The van der Waals surface area contributed by atoms with E-state index in [1.165, 1.54) is 0 Å². The predicted octanol–water partition coefficient (Wildman–Crippen LogP) is 1.85. The Morgan fingerprint density at radius 3 is 2.84 bits per heavy atom. The van der Waals surface area contributed by atoms with Crippen molar-refractivity contribution >= 4 is 0 Å². The van der Waals surface area contributed by atoms with Gasteiger partial charge in [-0.25, -0.2) is 0 Å². The first-order valence-electron chi connectivity index (χ1n) is 8.50. The summed E-state index contributed by atoms with van der Waals surface area (Å²) in [7, 11) is 1.66. The Bertz CT molecular complexity index is 738. The van der Waals surface area contributed by atoms with Gasteiger partial charge < -0.3 is 19.3 Å². The summed E-state index contributed by atoms with van der Waals surface area (Å²) in [6, 6.07) is 9.75. The first-order valence-corrected chi connectivity index (χ1v) is 8.50. The van der Waals surface area contributed by atoms with Gasteiger partial charge in [-0.3, -0.25) is 9.88 Å². The molecule has 2 aromatic rings. The molecule has 4 rings (SSSR count). The van der Waals surface area contributed by atoms with Crippen molar-refractivity contribution in [1.82, 2.24) is 9.88 Å². The Hall–Kier alpha value is -2.31. The van der Waals surface area contributed by atoms with E-state index in [-0.39, 0.29) is 18.8 Å². The lowest BCUT2D eigenvalue weighted by Crippen LogP contribution is -2.21. The Kier molecular flexibility index (Phi) is 4.46. The van der Waals surface area contributed by atoms with Gasteiger partial charge in [-0.05, 0) is 24.6 Å². The van der Waals surface area contributed by atoms with Crippen molar-refractivity contribution < 1.29 is 19.3 Å². The molecule has 0 radical (unpaired) electrons. The molecule has 0 aliphatic carbocycles. The average Bonchev–Trinajstić information content (AvgIpc) is 3.21. The minimum absolute atomic E-state index is 0.190. The van der Waals surface area contributed by atoms with E-state index in [4.69, 9.17) is 14.2 Å².